The van der Waals surface area contributed by atoms with Gasteiger partial charge in [0.25, 0.3) is 11.5 Å². The third-order valence-electron chi connectivity index (χ3n) is 6.00. The van der Waals surface area contributed by atoms with Gasteiger partial charge in [0.2, 0.25) is 0 Å². The first-order valence-corrected chi connectivity index (χ1v) is 12.3. The maximum atomic E-state index is 12.8. The fraction of sp³-hybridized carbons (Fsp3) is 0.250. The minimum Gasteiger partial charge on any atom is -0.455 e. The van der Waals surface area contributed by atoms with Crippen LogP contribution in [0.2, 0.25) is 0 Å². The van der Waals surface area contributed by atoms with Gasteiger partial charge in [-0.15, -0.1) is 0 Å². The number of carbonyl (C=O) groups excluding carboxylic acids is 1. The molecule has 0 spiro atoms. The molecule has 0 bridgehead atoms. The predicted octanol–water partition coefficient (Wildman–Crippen LogP) is 3.63. The van der Waals surface area contributed by atoms with Crippen LogP contribution in [0.4, 0.5) is 0 Å². The second kappa shape index (κ2) is 7.94. The zero-order chi connectivity index (χ0) is 22.3. The highest BCUT2D eigenvalue weighted by Crippen LogP contribution is 2.44. The minimum atomic E-state index is -3.31. The number of sulfone groups is 1. The van der Waals surface area contributed by atoms with E-state index in [0.717, 1.165) is 30.2 Å². The van der Waals surface area contributed by atoms with Crippen molar-refractivity contribution in [2.75, 3.05) is 5.75 Å². The minimum absolute atomic E-state index is 0.0720. The van der Waals surface area contributed by atoms with Gasteiger partial charge in [-0.3, -0.25) is 9.59 Å². The fourth-order valence-corrected chi connectivity index (χ4v) is 5.34. The Morgan fingerprint density at radius 2 is 1.88 bits per heavy atom. The molecule has 1 atom stereocenters. The van der Waals surface area contributed by atoms with Gasteiger partial charge in [-0.25, -0.2) is 8.42 Å². The first-order valence-electron chi connectivity index (χ1n) is 10.5. The van der Waals surface area contributed by atoms with E-state index in [0.29, 0.717) is 28.3 Å². The number of pyridine rings is 1. The molecular weight excluding hydrogens is 428 g/mol. The van der Waals surface area contributed by atoms with Crippen LogP contribution >= 0.6 is 0 Å². The van der Waals surface area contributed by atoms with Gasteiger partial charge in [-0.2, -0.15) is 0 Å². The lowest BCUT2D eigenvalue weighted by molar-refractivity contribution is 0.0946. The van der Waals surface area contributed by atoms with Crippen molar-refractivity contribution in [3.63, 3.8) is 0 Å². The molecule has 32 heavy (non-hydrogen) atoms. The van der Waals surface area contributed by atoms with E-state index in [1.54, 1.807) is 0 Å². The Balaban J connectivity index is 1.53. The summed E-state index contributed by atoms with van der Waals surface area (Å²) in [6.07, 6.45) is 4.71. The molecule has 1 amide bonds. The number of aromatic nitrogens is 1. The molecule has 0 unspecified atom stereocenters. The molecule has 1 saturated carbocycles. The van der Waals surface area contributed by atoms with Crippen molar-refractivity contribution in [2.45, 2.75) is 31.2 Å². The third-order valence-corrected chi connectivity index (χ3v) is 7.40. The van der Waals surface area contributed by atoms with E-state index in [1.807, 2.05) is 42.5 Å². The molecule has 1 aliphatic carbocycles. The van der Waals surface area contributed by atoms with Crippen molar-refractivity contribution < 1.29 is 17.9 Å². The summed E-state index contributed by atoms with van der Waals surface area (Å²) >= 11 is 0. The van der Waals surface area contributed by atoms with Gasteiger partial charge in [0, 0.05) is 16.4 Å². The maximum Gasteiger partial charge on any atom is 0.261 e. The number of aromatic amines is 1. The van der Waals surface area contributed by atoms with Gasteiger partial charge >= 0.3 is 0 Å². The molecule has 5 rings (SSSR count). The van der Waals surface area contributed by atoms with E-state index < -0.39 is 27.3 Å². The summed E-state index contributed by atoms with van der Waals surface area (Å²) in [6.45, 7) is 0. The second-order valence-corrected chi connectivity index (χ2v) is 10.2. The Kier molecular flexibility index (Phi) is 5.09. The zero-order valence-corrected chi connectivity index (χ0v) is 18.0. The van der Waals surface area contributed by atoms with Gasteiger partial charge in [-0.1, -0.05) is 36.8 Å². The smallest absolute Gasteiger partial charge is 0.261 e. The molecular formula is C24H22N2O5S. The molecule has 2 aromatic carbocycles. The number of benzene rings is 2. The first kappa shape index (κ1) is 20.5. The lowest BCUT2D eigenvalue weighted by Crippen LogP contribution is -2.38. The fourth-order valence-electron chi connectivity index (χ4n) is 4.10. The van der Waals surface area contributed by atoms with Gasteiger partial charge in [0.1, 0.15) is 11.3 Å². The van der Waals surface area contributed by atoms with E-state index in [1.165, 1.54) is 12.1 Å². The number of hydrogen-bond donors (Lipinski definition) is 2. The number of hydrogen-bond acceptors (Lipinski definition) is 5. The van der Waals surface area contributed by atoms with E-state index in [9.17, 15) is 18.0 Å². The monoisotopic (exact) mass is 450 g/mol. The van der Waals surface area contributed by atoms with Crippen LogP contribution in [-0.2, 0) is 9.84 Å². The summed E-state index contributed by atoms with van der Waals surface area (Å²) in [5, 5.41) is 4.35. The Bertz CT molecular complexity index is 1390. The summed E-state index contributed by atoms with van der Waals surface area (Å²) in [6, 6.07) is 14.1. The topological polar surface area (TPSA) is 105 Å². The SMILES string of the molecule is O=C(N[C@@H]1C=CS(=O)(=O)C1)c1cc2ccc(C3CCC3)c(Oc3ccccc3)c2[nH]c1=O. The lowest BCUT2D eigenvalue weighted by Gasteiger charge is -2.28. The molecule has 2 heterocycles. The number of rotatable bonds is 5. The molecule has 164 valence electrons. The van der Waals surface area contributed by atoms with Crippen LogP contribution in [0, 0.1) is 0 Å². The highest BCUT2D eigenvalue weighted by molar-refractivity contribution is 7.94. The third kappa shape index (κ3) is 3.93. The van der Waals surface area contributed by atoms with Crippen LogP contribution in [-0.4, -0.2) is 31.1 Å². The molecule has 0 radical (unpaired) electrons. The molecule has 2 aliphatic rings. The number of para-hydroxylation sites is 1. The highest BCUT2D eigenvalue weighted by atomic mass is 32.2. The van der Waals surface area contributed by atoms with Crippen molar-refractivity contribution in [3.8, 4) is 11.5 Å². The second-order valence-electron chi connectivity index (χ2n) is 8.24. The van der Waals surface area contributed by atoms with Crippen LogP contribution in [0.15, 0.2) is 64.8 Å². The largest absolute Gasteiger partial charge is 0.455 e. The van der Waals surface area contributed by atoms with E-state index >= 15 is 0 Å². The molecule has 3 aromatic rings. The van der Waals surface area contributed by atoms with Crippen molar-refractivity contribution in [2.24, 2.45) is 0 Å². The summed E-state index contributed by atoms with van der Waals surface area (Å²) in [4.78, 5) is 28.4. The average Bonchev–Trinajstić information content (AvgIpc) is 3.07. The maximum absolute atomic E-state index is 12.8. The quantitative estimate of drug-likeness (QED) is 0.618. The van der Waals surface area contributed by atoms with Crippen molar-refractivity contribution >= 4 is 26.6 Å². The normalized spacial score (nSPS) is 19.6. The zero-order valence-electron chi connectivity index (χ0n) is 17.2. The van der Waals surface area contributed by atoms with Crippen LogP contribution in [0.3, 0.4) is 0 Å². The number of nitrogens with one attached hydrogen (secondary N) is 2. The predicted molar refractivity (Wildman–Crippen MR) is 122 cm³/mol. The Morgan fingerprint density at radius 1 is 1.09 bits per heavy atom. The van der Waals surface area contributed by atoms with Crippen molar-refractivity contribution in [1.82, 2.24) is 10.3 Å². The molecule has 0 saturated heterocycles. The first-order chi connectivity index (χ1) is 15.4. The van der Waals surface area contributed by atoms with Crippen molar-refractivity contribution in [1.29, 1.82) is 0 Å². The standard InChI is InChI=1S/C24H22N2O5S/c27-23(25-17-11-12-32(29,30)14-17)20-13-16-9-10-19(15-5-4-6-15)22(21(16)26-24(20)28)31-18-7-2-1-3-8-18/h1-3,7-13,15,17H,4-6,14H2,(H,25,27)(H,26,28)/t17-/m1/s1. The number of fused-ring (bicyclic) bond motifs is 1. The van der Waals surface area contributed by atoms with Gasteiger partial charge in [0.15, 0.2) is 15.6 Å². The van der Waals surface area contributed by atoms with Crippen LogP contribution < -0.4 is 15.6 Å². The molecule has 1 fully saturated rings. The van der Waals surface area contributed by atoms with Gasteiger partial charge in [-0.05, 0) is 43.0 Å². The number of H-pyrrole nitrogens is 1. The van der Waals surface area contributed by atoms with Gasteiger partial charge in [0.05, 0.1) is 17.3 Å². The average molecular weight is 451 g/mol. The summed E-state index contributed by atoms with van der Waals surface area (Å²) < 4.78 is 29.4. The molecule has 2 N–H and O–H groups in total. The van der Waals surface area contributed by atoms with E-state index in [4.69, 9.17) is 4.74 Å². The van der Waals surface area contributed by atoms with Gasteiger partial charge < -0.3 is 15.0 Å². The number of amides is 1. The Hall–Kier alpha value is -3.39. The van der Waals surface area contributed by atoms with Crippen LogP contribution in [0.1, 0.15) is 41.1 Å². The van der Waals surface area contributed by atoms with Crippen LogP contribution in [0.25, 0.3) is 10.9 Å². The summed E-state index contributed by atoms with van der Waals surface area (Å²) in [5.41, 5.74) is 0.964. The molecule has 1 aliphatic heterocycles. The number of ether oxygens (including phenoxy) is 1. The Morgan fingerprint density at radius 3 is 2.53 bits per heavy atom. The molecule has 7 nitrogen and oxygen atoms in total. The Labute approximate surface area is 185 Å². The molecule has 1 aromatic heterocycles. The van der Waals surface area contributed by atoms with Crippen molar-refractivity contribution in [3.05, 3.63) is 81.5 Å². The molecule has 8 heteroatoms. The van der Waals surface area contributed by atoms with Crippen LogP contribution in [0.5, 0.6) is 11.5 Å². The summed E-state index contributed by atoms with van der Waals surface area (Å²) in [5.74, 6) is 0.822. The highest BCUT2D eigenvalue weighted by Gasteiger charge is 2.27. The summed E-state index contributed by atoms with van der Waals surface area (Å²) in [7, 11) is -3.31. The number of carbonyl (C=O) groups is 1. The van der Waals surface area contributed by atoms with E-state index in [2.05, 4.69) is 10.3 Å². The lowest BCUT2D eigenvalue weighted by atomic mass is 9.79. The van der Waals surface area contributed by atoms with E-state index in [-0.39, 0.29) is 11.3 Å².